The Hall–Kier alpha value is -1.61. The number of ether oxygens (including phenoxy) is 1. The van der Waals surface area contributed by atoms with Crippen molar-refractivity contribution in [2.45, 2.75) is 20.3 Å². The fraction of sp³-hybridized carbons (Fsp3) is 0.286. The molecule has 0 bridgehead atoms. The molecule has 0 N–H and O–H groups in total. The van der Waals surface area contributed by atoms with Crippen molar-refractivity contribution in [3.8, 4) is 0 Å². The fourth-order valence-corrected chi connectivity index (χ4v) is 2.10. The lowest BCUT2D eigenvalue weighted by Crippen LogP contribution is -2.06. The van der Waals surface area contributed by atoms with E-state index in [1.807, 2.05) is 32.0 Å². The highest BCUT2D eigenvalue weighted by molar-refractivity contribution is 6.32. The second kappa shape index (κ2) is 4.94. The predicted molar refractivity (Wildman–Crippen MR) is 71.9 cm³/mol. The minimum absolute atomic E-state index is 0.180. The Morgan fingerprint density at radius 3 is 2.78 bits per heavy atom. The van der Waals surface area contributed by atoms with E-state index >= 15 is 0 Å². The molecule has 0 atom stereocenters. The highest BCUT2D eigenvalue weighted by Gasteiger charge is 2.10. The van der Waals surface area contributed by atoms with E-state index in [0.29, 0.717) is 10.7 Å². The van der Waals surface area contributed by atoms with Crippen LogP contribution in [0.5, 0.6) is 0 Å². The maximum absolute atomic E-state index is 11.3. The van der Waals surface area contributed by atoms with Gasteiger partial charge in [0.2, 0.25) is 0 Å². The first-order chi connectivity index (χ1) is 8.52. The summed E-state index contributed by atoms with van der Waals surface area (Å²) in [6.07, 6.45) is 0.180. The standard InChI is InChI=1S/C14H14ClNO2/c1-8-6-10(7-13(17)18-3)16-14-9(2)12(15)5-4-11(8)14/h4-6H,7H2,1-3H3. The number of aromatic nitrogens is 1. The van der Waals surface area contributed by atoms with E-state index in [-0.39, 0.29) is 12.4 Å². The normalized spacial score (nSPS) is 10.7. The van der Waals surface area contributed by atoms with Gasteiger partial charge in [-0.3, -0.25) is 9.78 Å². The molecule has 0 saturated carbocycles. The molecular formula is C14H14ClNO2. The van der Waals surface area contributed by atoms with Crippen LogP contribution in [0.25, 0.3) is 10.9 Å². The van der Waals surface area contributed by atoms with Crippen molar-refractivity contribution < 1.29 is 9.53 Å². The largest absolute Gasteiger partial charge is 0.469 e. The van der Waals surface area contributed by atoms with Gasteiger partial charge in [-0.1, -0.05) is 17.7 Å². The molecule has 94 valence electrons. The van der Waals surface area contributed by atoms with Crippen LogP contribution in [-0.2, 0) is 16.0 Å². The number of methoxy groups -OCH3 is 1. The Kier molecular flexibility index (Phi) is 3.53. The van der Waals surface area contributed by atoms with Crippen molar-refractivity contribution in [2.24, 2.45) is 0 Å². The first kappa shape index (κ1) is 12.8. The number of carbonyl (C=O) groups excluding carboxylic acids is 1. The summed E-state index contributed by atoms with van der Waals surface area (Å²) < 4.78 is 4.66. The van der Waals surface area contributed by atoms with Gasteiger partial charge >= 0.3 is 5.97 Å². The Labute approximate surface area is 111 Å². The average molecular weight is 264 g/mol. The topological polar surface area (TPSA) is 39.2 Å². The van der Waals surface area contributed by atoms with Crippen LogP contribution in [0.4, 0.5) is 0 Å². The molecule has 0 amide bonds. The lowest BCUT2D eigenvalue weighted by atomic mass is 10.0. The van der Waals surface area contributed by atoms with Crippen LogP contribution < -0.4 is 0 Å². The van der Waals surface area contributed by atoms with Crippen molar-refractivity contribution in [1.29, 1.82) is 0 Å². The molecule has 2 aromatic rings. The molecule has 0 aliphatic rings. The minimum atomic E-state index is -0.291. The van der Waals surface area contributed by atoms with E-state index in [1.54, 1.807) is 0 Å². The molecular weight excluding hydrogens is 250 g/mol. The van der Waals surface area contributed by atoms with E-state index in [4.69, 9.17) is 11.6 Å². The predicted octanol–water partition coefficient (Wildman–Crippen LogP) is 3.22. The van der Waals surface area contributed by atoms with Crippen molar-refractivity contribution in [2.75, 3.05) is 7.11 Å². The number of hydrogen-bond donors (Lipinski definition) is 0. The summed E-state index contributed by atoms with van der Waals surface area (Å²) in [6.45, 7) is 3.93. The molecule has 0 fully saturated rings. The molecule has 0 aliphatic heterocycles. The molecule has 0 saturated heterocycles. The van der Waals surface area contributed by atoms with Crippen molar-refractivity contribution >= 4 is 28.5 Å². The van der Waals surface area contributed by atoms with Gasteiger partial charge in [0.1, 0.15) is 0 Å². The van der Waals surface area contributed by atoms with E-state index in [2.05, 4.69) is 9.72 Å². The summed E-state index contributed by atoms with van der Waals surface area (Å²) in [5.74, 6) is -0.291. The number of halogens is 1. The SMILES string of the molecule is COC(=O)Cc1cc(C)c2ccc(Cl)c(C)c2n1. The summed E-state index contributed by atoms with van der Waals surface area (Å²) in [4.78, 5) is 15.8. The summed E-state index contributed by atoms with van der Waals surface area (Å²) in [5, 5.41) is 1.75. The molecule has 2 rings (SSSR count). The zero-order valence-corrected chi connectivity index (χ0v) is 11.3. The van der Waals surface area contributed by atoms with Crippen molar-refractivity contribution in [3.63, 3.8) is 0 Å². The summed E-state index contributed by atoms with van der Waals surface area (Å²) in [5.41, 5.74) is 3.57. The van der Waals surface area contributed by atoms with Gasteiger partial charge in [0, 0.05) is 10.4 Å². The number of pyridine rings is 1. The number of esters is 1. The van der Waals surface area contributed by atoms with Gasteiger partial charge in [-0.2, -0.15) is 0 Å². The minimum Gasteiger partial charge on any atom is -0.469 e. The Bertz CT molecular complexity index is 623. The van der Waals surface area contributed by atoms with Gasteiger partial charge in [0.05, 0.1) is 24.7 Å². The number of benzene rings is 1. The molecule has 1 heterocycles. The number of fused-ring (bicyclic) bond motifs is 1. The number of rotatable bonds is 2. The zero-order valence-electron chi connectivity index (χ0n) is 10.6. The number of hydrogen-bond acceptors (Lipinski definition) is 3. The number of carbonyl (C=O) groups is 1. The van der Waals surface area contributed by atoms with Crippen LogP contribution in [0, 0.1) is 13.8 Å². The van der Waals surface area contributed by atoms with Crippen LogP contribution in [0.2, 0.25) is 5.02 Å². The monoisotopic (exact) mass is 263 g/mol. The van der Waals surface area contributed by atoms with Crippen LogP contribution in [-0.4, -0.2) is 18.1 Å². The quantitative estimate of drug-likeness (QED) is 0.781. The van der Waals surface area contributed by atoms with E-state index < -0.39 is 0 Å². The first-order valence-corrected chi connectivity index (χ1v) is 6.03. The molecule has 0 unspecified atom stereocenters. The molecule has 0 spiro atoms. The van der Waals surface area contributed by atoms with E-state index in [9.17, 15) is 4.79 Å². The van der Waals surface area contributed by atoms with Crippen molar-refractivity contribution in [1.82, 2.24) is 4.98 Å². The lowest BCUT2D eigenvalue weighted by molar-refractivity contribution is -0.139. The Balaban J connectivity index is 2.59. The van der Waals surface area contributed by atoms with Crippen LogP contribution in [0.3, 0.4) is 0 Å². The summed E-state index contributed by atoms with van der Waals surface area (Å²) in [7, 11) is 1.37. The summed E-state index contributed by atoms with van der Waals surface area (Å²) in [6, 6.07) is 5.73. The molecule has 1 aromatic heterocycles. The average Bonchev–Trinajstić information content (AvgIpc) is 2.34. The number of nitrogens with zero attached hydrogens (tertiary/aromatic N) is 1. The van der Waals surface area contributed by atoms with Crippen LogP contribution in [0.15, 0.2) is 18.2 Å². The maximum Gasteiger partial charge on any atom is 0.311 e. The first-order valence-electron chi connectivity index (χ1n) is 5.65. The van der Waals surface area contributed by atoms with Gasteiger partial charge in [-0.25, -0.2) is 0 Å². The third-order valence-corrected chi connectivity index (χ3v) is 3.39. The van der Waals surface area contributed by atoms with Gasteiger partial charge in [0.15, 0.2) is 0 Å². The maximum atomic E-state index is 11.3. The third kappa shape index (κ3) is 2.31. The lowest BCUT2D eigenvalue weighted by Gasteiger charge is -2.09. The molecule has 0 aliphatic carbocycles. The van der Waals surface area contributed by atoms with Gasteiger partial charge in [-0.05, 0) is 37.1 Å². The Morgan fingerprint density at radius 1 is 1.39 bits per heavy atom. The number of aryl methyl sites for hydroxylation is 2. The molecule has 0 radical (unpaired) electrons. The molecule has 1 aromatic carbocycles. The zero-order chi connectivity index (χ0) is 13.3. The molecule has 3 nitrogen and oxygen atoms in total. The molecule has 18 heavy (non-hydrogen) atoms. The fourth-order valence-electron chi connectivity index (χ4n) is 1.95. The third-order valence-electron chi connectivity index (χ3n) is 2.98. The molecule has 4 heteroatoms. The second-order valence-corrected chi connectivity index (χ2v) is 4.66. The van der Waals surface area contributed by atoms with Gasteiger partial charge in [-0.15, -0.1) is 0 Å². The second-order valence-electron chi connectivity index (χ2n) is 4.25. The van der Waals surface area contributed by atoms with Gasteiger partial charge < -0.3 is 4.74 Å². The van der Waals surface area contributed by atoms with Crippen LogP contribution >= 0.6 is 11.6 Å². The smallest absolute Gasteiger partial charge is 0.311 e. The van der Waals surface area contributed by atoms with Crippen molar-refractivity contribution in [3.05, 3.63) is 40.0 Å². The highest BCUT2D eigenvalue weighted by atomic mass is 35.5. The Morgan fingerprint density at radius 2 is 2.11 bits per heavy atom. The van der Waals surface area contributed by atoms with Crippen LogP contribution in [0.1, 0.15) is 16.8 Å². The van der Waals surface area contributed by atoms with E-state index in [1.165, 1.54) is 7.11 Å². The van der Waals surface area contributed by atoms with Gasteiger partial charge in [0.25, 0.3) is 0 Å². The highest BCUT2D eigenvalue weighted by Crippen LogP contribution is 2.26. The van der Waals surface area contributed by atoms with E-state index in [0.717, 1.165) is 22.0 Å². The summed E-state index contributed by atoms with van der Waals surface area (Å²) >= 11 is 6.09.